The summed E-state index contributed by atoms with van der Waals surface area (Å²) in [5, 5.41) is 3.38. The molecule has 0 aliphatic heterocycles. The lowest BCUT2D eigenvalue weighted by molar-refractivity contribution is 0.290. The van der Waals surface area contributed by atoms with Crippen LogP contribution in [0.3, 0.4) is 0 Å². The maximum absolute atomic E-state index is 5.56. The van der Waals surface area contributed by atoms with Gasteiger partial charge < -0.3 is 9.73 Å². The highest BCUT2D eigenvalue weighted by Crippen LogP contribution is 2.10. The fourth-order valence-corrected chi connectivity index (χ4v) is 1.78. The van der Waals surface area contributed by atoms with Crippen molar-refractivity contribution in [3.8, 4) is 0 Å². The molecule has 0 spiro atoms. The van der Waals surface area contributed by atoms with Crippen LogP contribution in [0.15, 0.2) is 16.7 Å². The molecule has 1 heterocycles. The predicted molar refractivity (Wildman–Crippen MR) is 71.9 cm³/mol. The van der Waals surface area contributed by atoms with Gasteiger partial charge in [-0.1, -0.05) is 20.3 Å². The Balaban J connectivity index is 2.29. The van der Waals surface area contributed by atoms with Gasteiger partial charge in [-0.2, -0.15) is 0 Å². The van der Waals surface area contributed by atoms with Crippen molar-refractivity contribution in [1.82, 2.24) is 10.2 Å². The number of hydrogen-bond acceptors (Lipinski definition) is 3. The van der Waals surface area contributed by atoms with E-state index in [1.807, 2.05) is 6.26 Å². The van der Waals surface area contributed by atoms with Gasteiger partial charge in [0.25, 0.3) is 0 Å². The Morgan fingerprint density at radius 2 is 2.12 bits per heavy atom. The quantitative estimate of drug-likeness (QED) is 0.670. The highest BCUT2D eigenvalue weighted by molar-refractivity contribution is 5.12. The molecule has 1 aromatic heterocycles. The second-order valence-electron chi connectivity index (χ2n) is 4.69. The zero-order valence-corrected chi connectivity index (χ0v) is 11.5. The third-order valence-corrected chi connectivity index (χ3v) is 2.78. The largest absolute Gasteiger partial charge is 0.468 e. The lowest BCUT2D eigenvalue weighted by Crippen LogP contribution is -2.18. The molecule has 17 heavy (non-hydrogen) atoms. The Kier molecular flexibility index (Phi) is 6.97. The van der Waals surface area contributed by atoms with Crippen molar-refractivity contribution < 1.29 is 4.42 Å². The number of rotatable bonds is 9. The minimum atomic E-state index is 0.910. The Labute approximate surface area is 105 Å². The van der Waals surface area contributed by atoms with Crippen LogP contribution in [0.2, 0.25) is 0 Å². The summed E-state index contributed by atoms with van der Waals surface area (Å²) in [6.07, 6.45) is 5.53. The molecular weight excluding hydrogens is 212 g/mol. The topological polar surface area (TPSA) is 28.4 Å². The van der Waals surface area contributed by atoms with E-state index >= 15 is 0 Å². The molecule has 98 valence electrons. The van der Waals surface area contributed by atoms with Crippen molar-refractivity contribution in [1.29, 1.82) is 0 Å². The maximum Gasteiger partial charge on any atom is 0.118 e. The third-order valence-electron chi connectivity index (χ3n) is 2.78. The fourth-order valence-electron chi connectivity index (χ4n) is 1.78. The minimum Gasteiger partial charge on any atom is -0.468 e. The van der Waals surface area contributed by atoms with Crippen LogP contribution in [0.4, 0.5) is 0 Å². The summed E-state index contributed by atoms with van der Waals surface area (Å²) in [6.45, 7) is 8.43. The van der Waals surface area contributed by atoms with Gasteiger partial charge in [0, 0.05) is 12.1 Å². The molecule has 0 fully saturated rings. The molecule has 0 atom stereocenters. The van der Waals surface area contributed by atoms with E-state index < -0.39 is 0 Å². The normalized spacial score (nSPS) is 11.3. The summed E-state index contributed by atoms with van der Waals surface area (Å²) in [5.74, 6) is 1.07. The van der Waals surface area contributed by atoms with Crippen LogP contribution in [0.1, 0.15) is 44.4 Å². The molecule has 0 saturated carbocycles. The average Bonchev–Trinajstić information content (AvgIpc) is 2.74. The molecule has 3 nitrogen and oxygen atoms in total. The Morgan fingerprint density at radius 1 is 1.29 bits per heavy atom. The van der Waals surface area contributed by atoms with E-state index in [0.29, 0.717) is 0 Å². The Morgan fingerprint density at radius 3 is 2.82 bits per heavy atom. The van der Waals surface area contributed by atoms with E-state index in [1.165, 1.54) is 24.8 Å². The number of nitrogens with zero attached hydrogens (tertiary/aromatic N) is 1. The first-order chi connectivity index (χ1) is 8.26. The average molecular weight is 238 g/mol. The van der Waals surface area contributed by atoms with Gasteiger partial charge in [0.15, 0.2) is 0 Å². The van der Waals surface area contributed by atoms with E-state index in [4.69, 9.17) is 4.42 Å². The van der Waals surface area contributed by atoms with Crippen molar-refractivity contribution in [3.63, 3.8) is 0 Å². The predicted octanol–water partition coefficient (Wildman–Crippen LogP) is 3.01. The summed E-state index contributed by atoms with van der Waals surface area (Å²) in [6, 6.07) is 2.16. The summed E-state index contributed by atoms with van der Waals surface area (Å²) in [5.41, 5.74) is 1.25. The zero-order chi connectivity index (χ0) is 12.5. The SMILES string of the molecule is CCCCN(C)Cc1cc(CNCCC)co1. The number of hydrogen-bond donors (Lipinski definition) is 1. The van der Waals surface area contributed by atoms with Crippen molar-refractivity contribution in [2.75, 3.05) is 20.1 Å². The van der Waals surface area contributed by atoms with Gasteiger partial charge in [-0.3, -0.25) is 4.90 Å². The molecular formula is C14H26N2O. The summed E-state index contributed by atoms with van der Waals surface area (Å²) >= 11 is 0. The van der Waals surface area contributed by atoms with Crippen LogP contribution in [0.25, 0.3) is 0 Å². The second kappa shape index (κ2) is 8.31. The summed E-state index contributed by atoms with van der Waals surface area (Å²) in [4.78, 5) is 2.31. The minimum absolute atomic E-state index is 0.910. The van der Waals surface area contributed by atoms with E-state index in [0.717, 1.165) is 31.9 Å². The molecule has 1 aromatic rings. The first kappa shape index (κ1) is 14.3. The monoisotopic (exact) mass is 238 g/mol. The summed E-state index contributed by atoms with van der Waals surface area (Å²) < 4.78 is 5.56. The first-order valence-electron chi connectivity index (χ1n) is 6.71. The lowest BCUT2D eigenvalue weighted by Gasteiger charge is -2.13. The molecule has 0 radical (unpaired) electrons. The molecule has 0 saturated heterocycles. The molecule has 0 aliphatic carbocycles. The third kappa shape index (κ3) is 5.89. The molecule has 0 amide bonds. The van der Waals surface area contributed by atoms with Gasteiger partial charge in [-0.15, -0.1) is 0 Å². The van der Waals surface area contributed by atoms with E-state index in [2.05, 4.69) is 37.2 Å². The van der Waals surface area contributed by atoms with Crippen molar-refractivity contribution in [2.24, 2.45) is 0 Å². The highest BCUT2D eigenvalue weighted by atomic mass is 16.3. The van der Waals surface area contributed by atoms with Crippen molar-refractivity contribution in [3.05, 3.63) is 23.7 Å². The zero-order valence-electron chi connectivity index (χ0n) is 11.5. The smallest absolute Gasteiger partial charge is 0.118 e. The number of unbranched alkanes of at least 4 members (excludes halogenated alkanes) is 1. The van der Waals surface area contributed by atoms with Crippen molar-refractivity contribution >= 4 is 0 Å². The van der Waals surface area contributed by atoms with Crippen LogP contribution in [-0.2, 0) is 13.1 Å². The van der Waals surface area contributed by atoms with Gasteiger partial charge in [0.1, 0.15) is 5.76 Å². The number of furan rings is 1. The lowest BCUT2D eigenvalue weighted by atomic mass is 10.3. The van der Waals surface area contributed by atoms with Crippen LogP contribution in [0, 0.1) is 0 Å². The van der Waals surface area contributed by atoms with Crippen LogP contribution in [-0.4, -0.2) is 25.0 Å². The Bertz CT molecular complexity index is 296. The molecule has 3 heteroatoms. The van der Waals surface area contributed by atoms with Gasteiger partial charge in [0.2, 0.25) is 0 Å². The molecule has 1 N–H and O–H groups in total. The van der Waals surface area contributed by atoms with Crippen LogP contribution in [0.5, 0.6) is 0 Å². The molecule has 0 bridgehead atoms. The van der Waals surface area contributed by atoms with Gasteiger partial charge in [-0.05, 0) is 39.0 Å². The molecule has 1 rings (SSSR count). The van der Waals surface area contributed by atoms with Gasteiger partial charge >= 0.3 is 0 Å². The van der Waals surface area contributed by atoms with E-state index in [1.54, 1.807) is 0 Å². The molecule has 0 aliphatic rings. The Hall–Kier alpha value is -0.800. The highest BCUT2D eigenvalue weighted by Gasteiger charge is 2.04. The van der Waals surface area contributed by atoms with Gasteiger partial charge in [-0.25, -0.2) is 0 Å². The molecule has 0 unspecified atom stereocenters. The standard InChI is InChI=1S/C14H26N2O/c1-4-6-8-16(3)11-14-9-13(12-17-14)10-15-7-5-2/h9,12,15H,4-8,10-11H2,1-3H3. The second-order valence-corrected chi connectivity index (χ2v) is 4.69. The van der Waals surface area contributed by atoms with E-state index in [9.17, 15) is 0 Å². The fraction of sp³-hybridized carbons (Fsp3) is 0.714. The van der Waals surface area contributed by atoms with Gasteiger partial charge in [0.05, 0.1) is 12.8 Å². The summed E-state index contributed by atoms with van der Waals surface area (Å²) in [7, 11) is 2.15. The van der Waals surface area contributed by atoms with E-state index in [-0.39, 0.29) is 0 Å². The maximum atomic E-state index is 5.56. The first-order valence-corrected chi connectivity index (χ1v) is 6.71. The van der Waals surface area contributed by atoms with Crippen LogP contribution >= 0.6 is 0 Å². The number of nitrogens with one attached hydrogen (secondary N) is 1. The van der Waals surface area contributed by atoms with Crippen LogP contribution < -0.4 is 5.32 Å². The molecule has 0 aromatic carbocycles. The van der Waals surface area contributed by atoms with Crippen molar-refractivity contribution in [2.45, 2.75) is 46.2 Å².